The molecule has 1 atom stereocenters. The number of nitrogens with zero attached hydrogens (tertiary/aromatic N) is 3. The first-order valence-electron chi connectivity index (χ1n) is 7.04. The first kappa shape index (κ1) is 17.4. The third kappa shape index (κ3) is 3.89. The summed E-state index contributed by atoms with van der Waals surface area (Å²) in [7, 11) is 3.40. The Morgan fingerprint density at radius 1 is 1.30 bits per heavy atom. The predicted molar refractivity (Wildman–Crippen MR) is 91.8 cm³/mol. The number of amides is 2. The van der Waals surface area contributed by atoms with Gasteiger partial charge >= 0.3 is 0 Å². The fourth-order valence-corrected chi connectivity index (χ4v) is 3.22. The monoisotopic (exact) mass is 351 g/mol. The fraction of sp³-hybridized carbons (Fsp3) is 0.312. The second-order valence-corrected chi connectivity index (χ2v) is 6.96. The molecule has 1 aromatic carbocycles. The van der Waals surface area contributed by atoms with Gasteiger partial charge in [0, 0.05) is 25.2 Å². The van der Waals surface area contributed by atoms with Crippen LogP contribution in [0.5, 0.6) is 0 Å². The minimum atomic E-state index is -0.437. The maximum Gasteiger partial charge on any atom is 0.281 e. The molecule has 1 aromatic heterocycles. The highest BCUT2D eigenvalue weighted by Gasteiger charge is 2.19. The van der Waals surface area contributed by atoms with E-state index in [1.54, 1.807) is 49.9 Å². The lowest BCUT2D eigenvalue weighted by atomic mass is 10.2. The van der Waals surface area contributed by atoms with Crippen LogP contribution in [-0.4, -0.2) is 35.4 Å². The largest absolute Gasteiger partial charge is 0.347 e. The van der Waals surface area contributed by atoms with Crippen molar-refractivity contribution in [2.45, 2.75) is 19.9 Å². The summed E-state index contributed by atoms with van der Waals surface area (Å²) in [6.45, 7) is 3.69. The van der Waals surface area contributed by atoms with Crippen LogP contribution in [0.25, 0.3) is 0 Å². The molecule has 0 aliphatic rings. The quantitative estimate of drug-likeness (QED) is 0.853. The van der Waals surface area contributed by atoms with Crippen molar-refractivity contribution in [3.63, 3.8) is 0 Å². The lowest BCUT2D eigenvalue weighted by Crippen LogP contribution is -2.33. The van der Waals surface area contributed by atoms with E-state index in [2.05, 4.69) is 4.99 Å². The van der Waals surface area contributed by atoms with Crippen molar-refractivity contribution in [3.8, 4) is 0 Å². The highest BCUT2D eigenvalue weighted by molar-refractivity contribution is 7.09. The number of hydrogen-bond donors (Lipinski definition) is 0. The summed E-state index contributed by atoms with van der Waals surface area (Å²) in [6, 6.07) is 6.34. The van der Waals surface area contributed by atoms with Gasteiger partial charge in [-0.25, -0.2) is 0 Å². The van der Waals surface area contributed by atoms with Crippen LogP contribution in [-0.2, 0) is 4.79 Å². The van der Waals surface area contributed by atoms with E-state index in [1.807, 2.05) is 13.1 Å². The van der Waals surface area contributed by atoms with E-state index in [9.17, 15) is 9.59 Å². The zero-order chi connectivity index (χ0) is 17.1. The van der Waals surface area contributed by atoms with Gasteiger partial charge in [-0.3, -0.25) is 9.59 Å². The molecule has 0 unspecified atom stereocenters. The normalized spacial score (nSPS) is 13.0. The molecular weight excluding hydrogens is 334 g/mol. The summed E-state index contributed by atoms with van der Waals surface area (Å²) in [5.41, 5.74) is 0.346. The number of thiazole rings is 1. The van der Waals surface area contributed by atoms with E-state index in [-0.39, 0.29) is 5.91 Å². The number of aromatic nitrogens is 1. The van der Waals surface area contributed by atoms with E-state index < -0.39 is 11.9 Å². The Bertz CT molecular complexity index is 808. The zero-order valence-corrected chi connectivity index (χ0v) is 15.0. The van der Waals surface area contributed by atoms with Gasteiger partial charge in [0.1, 0.15) is 6.04 Å². The van der Waals surface area contributed by atoms with Crippen LogP contribution in [0, 0.1) is 6.92 Å². The van der Waals surface area contributed by atoms with Crippen LogP contribution < -0.4 is 4.80 Å². The zero-order valence-electron chi connectivity index (χ0n) is 13.4. The SMILES string of the molecule is Cc1cn([C@@H](C)C(=O)N(C)C)c(=NC(=O)c2ccccc2Cl)s1. The first-order chi connectivity index (χ1) is 10.8. The van der Waals surface area contributed by atoms with Gasteiger partial charge in [-0.05, 0) is 26.0 Å². The van der Waals surface area contributed by atoms with Gasteiger partial charge in [0.05, 0.1) is 10.6 Å². The van der Waals surface area contributed by atoms with Crippen LogP contribution in [0.1, 0.15) is 28.2 Å². The Morgan fingerprint density at radius 2 is 1.96 bits per heavy atom. The van der Waals surface area contributed by atoms with Gasteiger partial charge in [0.15, 0.2) is 4.80 Å². The van der Waals surface area contributed by atoms with Crippen molar-refractivity contribution in [3.05, 3.63) is 50.7 Å². The Hall–Kier alpha value is -1.92. The highest BCUT2D eigenvalue weighted by Crippen LogP contribution is 2.16. The molecule has 0 radical (unpaired) electrons. The molecule has 5 nitrogen and oxygen atoms in total. The van der Waals surface area contributed by atoms with Crippen molar-refractivity contribution in [1.29, 1.82) is 0 Å². The van der Waals surface area contributed by atoms with Gasteiger partial charge in [-0.15, -0.1) is 11.3 Å². The van der Waals surface area contributed by atoms with E-state index in [0.717, 1.165) is 4.88 Å². The second kappa shape index (κ2) is 7.10. The Balaban J connectivity index is 2.46. The van der Waals surface area contributed by atoms with E-state index in [1.165, 1.54) is 16.2 Å². The molecule has 0 aliphatic carbocycles. The van der Waals surface area contributed by atoms with Gasteiger partial charge in [-0.1, -0.05) is 23.7 Å². The number of carbonyl (C=O) groups is 2. The summed E-state index contributed by atoms with van der Waals surface area (Å²) < 4.78 is 1.72. The number of aryl methyl sites for hydroxylation is 1. The molecule has 0 N–H and O–H groups in total. The predicted octanol–water partition coefficient (Wildman–Crippen LogP) is 2.90. The first-order valence-corrected chi connectivity index (χ1v) is 8.24. The van der Waals surface area contributed by atoms with Crippen molar-refractivity contribution < 1.29 is 9.59 Å². The smallest absolute Gasteiger partial charge is 0.281 e. The summed E-state index contributed by atoms with van der Waals surface area (Å²) in [5.74, 6) is -0.481. The lowest BCUT2D eigenvalue weighted by Gasteiger charge is -2.17. The number of benzene rings is 1. The van der Waals surface area contributed by atoms with Crippen LogP contribution in [0.15, 0.2) is 35.5 Å². The molecule has 0 fully saturated rings. The number of rotatable bonds is 3. The molecule has 122 valence electrons. The molecule has 0 bridgehead atoms. The van der Waals surface area contributed by atoms with Crippen molar-refractivity contribution in [2.75, 3.05) is 14.1 Å². The van der Waals surface area contributed by atoms with Crippen LogP contribution in [0.4, 0.5) is 0 Å². The van der Waals surface area contributed by atoms with E-state index >= 15 is 0 Å². The number of hydrogen-bond acceptors (Lipinski definition) is 3. The number of halogens is 1. The minimum absolute atomic E-state index is 0.0607. The molecule has 0 aliphatic heterocycles. The fourth-order valence-electron chi connectivity index (χ4n) is 2.11. The topological polar surface area (TPSA) is 54.7 Å². The molecule has 2 rings (SSSR count). The minimum Gasteiger partial charge on any atom is -0.347 e. The third-order valence-electron chi connectivity index (χ3n) is 3.31. The van der Waals surface area contributed by atoms with E-state index in [4.69, 9.17) is 11.6 Å². The summed E-state index contributed by atoms with van der Waals surface area (Å²) in [6.07, 6.45) is 1.83. The standard InChI is InChI=1S/C16H18ClN3O2S/c1-10-9-20(11(2)15(22)19(3)4)16(23-10)18-14(21)12-7-5-6-8-13(12)17/h5-9,11H,1-4H3/t11-/m0/s1. The summed E-state index contributed by atoms with van der Waals surface area (Å²) in [5, 5.41) is 0.360. The molecule has 23 heavy (non-hydrogen) atoms. The van der Waals surface area contributed by atoms with Gasteiger partial charge in [0.25, 0.3) is 5.91 Å². The molecule has 2 amide bonds. The maximum absolute atomic E-state index is 12.4. The molecular formula is C16H18ClN3O2S. The molecule has 0 spiro atoms. The molecule has 7 heteroatoms. The lowest BCUT2D eigenvalue weighted by molar-refractivity contribution is -0.131. The van der Waals surface area contributed by atoms with Crippen molar-refractivity contribution in [1.82, 2.24) is 9.47 Å². The average molecular weight is 352 g/mol. The Kier molecular flexibility index (Phi) is 5.38. The molecule has 2 aromatic rings. The number of carbonyl (C=O) groups excluding carboxylic acids is 2. The van der Waals surface area contributed by atoms with Crippen LogP contribution >= 0.6 is 22.9 Å². The van der Waals surface area contributed by atoms with Crippen LogP contribution in [0.2, 0.25) is 5.02 Å². The summed E-state index contributed by atoms with van der Waals surface area (Å²) >= 11 is 7.40. The Morgan fingerprint density at radius 3 is 2.57 bits per heavy atom. The van der Waals surface area contributed by atoms with Gasteiger partial charge in [-0.2, -0.15) is 4.99 Å². The van der Waals surface area contributed by atoms with E-state index in [0.29, 0.717) is 15.4 Å². The van der Waals surface area contributed by atoms with Gasteiger partial charge in [0.2, 0.25) is 5.91 Å². The molecule has 1 heterocycles. The summed E-state index contributed by atoms with van der Waals surface area (Å²) in [4.78, 5) is 31.7. The van der Waals surface area contributed by atoms with Crippen molar-refractivity contribution >= 4 is 34.8 Å². The van der Waals surface area contributed by atoms with Crippen molar-refractivity contribution in [2.24, 2.45) is 4.99 Å². The average Bonchev–Trinajstić information content (AvgIpc) is 2.86. The van der Waals surface area contributed by atoms with Gasteiger partial charge < -0.3 is 9.47 Å². The molecule has 0 saturated carbocycles. The Labute approximate surface area is 143 Å². The molecule has 0 saturated heterocycles. The number of likely N-dealkylation sites (N-methyl/N-ethyl adjacent to an activating group) is 1. The second-order valence-electron chi connectivity index (χ2n) is 5.34. The van der Waals surface area contributed by atoms with Crippen LogP contribution in [0.3, 0.4) is 0 Å². The highest BCUT2D eigenvalue weighted by atomic mass is 35.5. The third-order valence-corrected chi connectivity index (χ3v) is 4.55. The maximum atomic E-state index is 12.4.